The molecule has 1 aromatic carbocycles. The van der Waals surface area contributed by atoms with Crippen LogP contribution < -0.4 is 24.3 Å². The molecule has 0 spiro atoms. The highest BCUT2D eigenvalue weighted by molar-refractivity contribution is 5.83. The molecule has 23 heavy (non-hydrogen) atoms. The van der Waals surface area contributed by atoms with Gasteiger partial charge in [0.25, 0.3) is 5.82 Å². The maximum atomic E-state index is 9.54. The number of hydrogen-bond acceptors (Lipinski definition) is 4. The summed E-state index contributed by atoms with van der Waals surface area (Å²) in [6.45, 7) is 7.77. The number of quaternary nitrogens is 1. The predicted octanol–water partition coefficient (Wildman–Crippen LogP) is -0.0209. The average Bonchev–Trinajstić information content (AvgIpc) is 3.05. The molecule has 0 radical (unpaired) electrons. The van der Waals surface area contributed by atoms with Gasteiger partial charge in [-0.2, -0.15) is 5.26 Å². The van der Waals surface area contributed by atoms with Crippen molar-refractivity contribution >= 4 is 16.7 Å². The molecule has 0 bridgehead atoms. The predicted molar refractivity (Wildman–Crippen MR) is 84.8 cm³/mol. The first kappa shape index (κ1) is 14.1. The largest absolute Gasteiger partial charge is 0.454 e. The average molecular weight is 312 g/mol. The van der Waals surface area contributed by atoms with Gasteiger partial charge in [0.05, 0.1) is 6.54 Å². The highest BCUT2D eigenvalue weighted by Crippen LogP contribution is 2.35. The summed E-state index contributed by atoms with van der Waals surface area (Å²) in [5.41, 5.74) is 1.64. The van der Waals surface area contributed by atoms with Gasteiger partial charge in [0, 0.05) is 11.5 Å². The number of benzene rings is 1. The Morgan fingerprint density at radius 1 is 1.22 bits per heavy atom. The van der Waals surface area contributed by atoms with Gasteiger partial charge in [-0.15, -0.1) is 0 Å². The topological polar surface area (TPSA) is 64.1 Å². The Morgan fingerprint density at radius 2 is 1.96 bits per heavy atom. The molecule has 0 aliphatic carbocycles. The van der Waals surface area contributed by atoms with Gasteiger partial charge in [0.15, 0.2) is 11.5 Å². The van der Waals surface area contributed by atoms with Crippen molar-refractivity contribution in [3.8, 4) is 17.6 Å². The first-order valence-corrected chi connectivity index (χ1v) is 8.07. The molecule has 0 unspecified atom stereocenters. The van der Waals surface area contributed by atoms with Crippen LogP contribution in [-0.2, 0) is 0 Å². The van der Waals surface area contributed by atoms with Crippen molar-refractivity contribution in [2.24, 2.45) is 0 Å². The molecule has 2 aromatic rings. The minimum atomic E-state index is 0.255. The van der Waals surface area contributed by atoms with Gasteiger partial charge >= 0.3 is 0 Å². The van der Waals surface area contributed by atoms with Gasteiger partial charge < -0.3 is 14.4 Å². The molecule has 6 heteroatoms. The number of aromatic amines is 1. The Morgan fingerprint density at radius 3 is 2.65 bits per heavy atom. The molecule has 0 atom stereocenters. The van der Waals surface area contributed by atoms with E-state index in [1.807, 2.05) is 18.2 Å². The monoisotopic (exact) mass is 312 g/mol. The Hall–Kier alpha value is -2.52. The lowest BCUT2D eigenvalue weighted by Gasteiger charge is -2.27. The van der Waals surface area contributed by atoms with E-state index >= 15 is 0 Å². The molecule has 1 fully saturated rings. The second kappa shape index (κ2) is 5.60. The molecule has 6 nitrogen and oxygen atoms in total. The van der Waals surface area contributed by atoms with Gasteiger partial charge in [-0.1, -0.05) is 0 Å². The van der Waals surface area contributed by atoms with E-state index in [0.717, 1.165) is 60.9 Å². The number of piperazine rings is 1. The first-order valence-electron chi connectivity index (χ1n) is 8.07. The zero-order valence-electron chi connectivity index (χ0n) is 13.2. The number of pyridine rings is 1. The summed E-state index contributed by atoms with van der Waals surface area (Å²) < 4.78 is 10.9. The van der Waals surface area contributed by atoms with Crippen LogP contribution in [-0.4, -0.2) is 39.5 Å². The number of anilines is 1. The summed E-state index contributed by atoms with van der Waals surface area (Å²) in [6, 6.07) is 8.14. The van der Waals surface area contributed by atoms with Crippen LogP contribution >= 0.6 is 0 Å². The number of nitrogens with zero attached hydrogens (tertiary/aromatic N) is 2. The lowest BCUT2D eigenvalue weighted by Crippen LogP contribution is -3.14. The molecule has 2 aliphatic rings. The number of likely N-dealkylation sites (N-methyl/N-ethyl adjacent to an activating group) is 1. The van der Waals surface area contributed by atoms with E-state index in [9.17, 15) is 5.26 Å². The van der Waals surface area contributed by atoms with Gasteiger partial charge in [0.1, 0.15) is 43.3 Å². The fourth-order valence-corrected chi connectivity index (χ4v) is 3.34. The highest BCUT2D eigenvalue weighted by Gasteiger charge is 2.28. The zero-order valence-corrected chi connectivity index (χ0v) is 13.2. The summed E-state index contributed by atoms with van der Waals surface area (Å²) in [5.74, 6) is 2.40. The van der Waals surface area contributed by atoms with Crippen LogP contribution in [0.15, 0.2) is 18.2 Å². The number of ether oxygens (including phenoxy) is 2. The third-order valence-electron chi connectivity index (χ3n) is 4.76. The summed E-state index contributed by atoms with van der Waals surface area (Å²) in [4.78, 5) is 7.33. The third kappa shape index (κ3) is 2.43. The number of nitrogens with one attached hydrogen (secondary N) is 2. The molecule has 0 saturated carbocycles. The van der Waals surface area contributed by atoms with Crippen molar-refractivity contribution in [2.75, 3.05) is 44.4 Å². The molecule has 1 saturated heterocycles. The first-order chi connectivity index (χ1) is 11.3. The standard InChI is InChI=1S/C17H18N4O2/c1-2-20-3-5-21(6-4-20)17-13(10-18)7-12-8-15-16(23-11-22-15)9-14(12)19-17/h7-9H,2-6,11H2,1H3/p+2. The van der Waals surface area contributed by atoms with Gasteiger partial charge in [-0.05, 0) is 19.1 Å². The number of aromatic nitrogens is 1. The Balaban J connectivity index is 1.74. The van der Waals surface area contributed by atoms with E-state index < -0.39 is 0 Å². The molecular formula is C17H20N4O2+2. The molecule has 0 amide bonds. The van der Waals surface area contributed by atoms with Crippen LogP contribution in [0.3, 0.4) is 0 Å². The molecule has 2 N–H and O–H groups in total. The second-order valence-corrected chi connectivity index (χ2v) is 6.03. The van der Waals surface area contributed by atoms with Crippen LogP contribution in [0.2, 0.25) is 0 Å². The molecular weight excluding hydrogens is 292 g/mol. The van der Waals surface area contributed by atoms with E-state index in [0.29, 0.717) is 5.56 Å². The SMILES string of the molecule is CC[NH+]1CCN(c2[nH+]c3cc4c(cc3cc2C#N)OCO4)CC1. The van der Waals surface area contributed by atoms with Gasteiger partial charge in [-0.3, -0.25) is 0 Å². The van der Waals surface area contributed by atoms with Crippen molar-refractivity contribution in [1.29, 1.82) is 5.26 Å². The van der Waals surface area contributed by atoms with E-state index in [2.05, 4.69) is 22.9 Å². The summed E-state index contributed by atoms with van der Waals surface area (Å²) in [7, 11) is 0. The van der Waals surface area contributed by atoms with Gasteiger partial charge in [0.2, 0.25) is 6.79 Å². The van der Waals surface area contributed by atoms with Crippen molar-refractivity contribution in [2.45, 2.75) is 6.92 Å². The van der Waals surface area contributed by atoms with Crippen LogP contribution in [0, 0.1) is 11.3 Å². The minimum Gasteiger partial charge on any atom is -0.454 e. The molecule has 3 heterocycles. The zero-order chi connectivity index (χ0) is 15.8. The molecule has 4 rings (SSSR count). The Kier molecular flexibility index (Phi) is 3.43. The van der Waals surface area contributed by atoms with Gasteiger partial charge in [-0.25, -0.2) is 9.88 Å². The summed E-state index contributed by atoms with van der Waals surface area (Å²) in [5, 5.41) is 10.5. The molecule has 1 aromatic heterocycles. The third-order valence-corrected chi connectivity index (χ3v) is 4.76. The Bertz CT molecular complexity index is 791. The lowest BCUT2D eigenvalue weighted by atomic mass is 10.1. The molecule has 118 valence electrons. The fraction of sp³-hybridized carbons (Fsp3) is 0.412. The van der Waals surface area contributed by atoms with Crippen molar-refractivity contribution in [3.05, 3.63) is 23.8 Å². The summed E-state index contributed by atoms with van der Waals surface area (Å²) >= 11 is 0. The highest BCUT2D eigenvalue weighted by atomic mass is 16.7. The van der Waals surface area contributed by atoms with E-state index in [4.69, 9.17) is 9.47 Å². The quantitative estimate of drug-likeness (QED) is 0.846. The Labute approximate surface area is 134 Å². The lowest BCUT2D eigenvalue weighted by molar-refractivity contribution is -0.898. The number of H-pyrrole nitrogens is 1. The number of fused-ring (bicyclic) bond motifs is 2. The molecule has 2 aliphatic heterocycles. The fourth-order valence-electron chi connectivity index (χ4n) is 3.34. The number of nitriles is 1. The number of hydrogen-bond donors (Lipinski definition) is 1. The van der Waals surface area contributed by atoms with E-state index in [1.165, 1.54) is 0 Å². The second-order valence-electron chi connectivity index (χ2n) is 6.03. The normalized spacial score (nSPS) is 17.5. The van der Waals surface area contributed by atoms with Crippen LogP contribution in [0.4, 0.5) is 5.82 Å². The number of rotatable bonds is 2. The van der Waals surface area contributed by atoms with Crippen molar-refractivity contribution in [1.82, 2.24) is 0 Å². The maximum Gasteiger partial charge on any atom is 0.293 e. The van der Waals surface area contributed by atoms with Crippen LogP contribution in [0.1, 0.15) is 12.5 Å². The van der Waals surface area contributed by atoms with Crippen molar-refractivity contribution in [3.63, 3.8) is 0 Å². The minimum absolute atomic E-state index is 0.255. The van der Waals surface area contributed by atoms with E-state index in [1.54, 1.807) is 4.90 Å². The van der Waals surface area contributed by atoms with Crippen LogP contribution in [0.5, 0.6) is 11.5 Å². The van der Waals surface area contributed by atoms with E-state index in [-0.39, 0.29) is 6.79 Å². The maximum absolute atomic E-state index is 9.54. The van der Waals surface area contributed by atoms with Crippen LogP contribution in [0.25, 0.3) is 10.9 Å². The van der Waals surface area contributed by atoms with Crippen molar-refractivity contribution < 1.29 is 19.4 Å². The summed E-state index contributed by atoms with van der Waals surface area (Å²) in [6.07, 6.45) is 0. The smallest absolute Gasteiger partial charge is 0.293 e.